The molecule has 158 valence electrons. The normalized spacial score (nSPS) is 10.8. The topological polar surface area (TPSA) is 86.2 Å². The van der Waals surface area contributed by atoms with Gasteiger partial charge in [-0.2, -0.15) is 0 Å². The van der Waals surface area contributed by atoms with Crippen molar-refractivity contribution >= 4 is 33.3 Å². The monoisotopic (exact) mass is 438 g/mol. The third-order valence-corrected chi connectivity index (χ3v) is 5.64. The van der Waals surface area contributed by atoms with E-state index in [1.165, 1.54) is 29.8 Å². The van der Waals surface area contributed by atoms with Crippen LogP contribution in [-0.4, -0.2) is 27.5 Å². The van der Waals surface area contributed by atoms with E-state index >= 15 is 0 Å². The zero-order valence-corrected chi connectivity index (χ0v) is 17.7. The number of hydrogen-bond acceptors (Lipinski definition) is 8. The first-order valence-corrected chi connectivity index (χ1v) is 10.4. The van der Waals surface area contributed by atoms with Gasteiger partial charge in [0.2, 0.25) is 5.88 Å². The van der Waals surface area contributed by atoms with Gasteiger partial charge in [-0.25, -0.2) is 24.1 Å². The van der Waals surface area contributed by atoms with Gasteiger partial charge in [0.1, 0.15) is 33.4 Å². The van der Waals surface area contributed by atoms with Gasteiger partial charge >= 0.3 is 5.97 Å². The van der Waals surface area contributed by atoms with Crippen molar-refractivity contribution in [3.63, 3.8) is 0 Å². The molecule has 4 rings (SSSR count). The molecule has 1 N–H and O–H groups in total. The first-order valence-electron chi connectivity index (χ1n) is 9.58. The molecule has 0 bridgehead atoms. The molecule has 9 heteroatoms. The fourth-order valence-corrected chi connectivity index (χ4v) is 4.05. The fourth-order valence-electron chi connectivity index (χ4n) is 3.01. The summed E-state index contributed by atoms with van der Waals surface area (Å²) >= 11 is 1.29. The molecule has 0 radical (unpaired) electrons. The van der Waals surface area contributed by atoms with E-state index in [0.717, 1.165) is 21.3 Å². The summed E-state index contributed by atoms with van der Waals surface area (Å²) in [6.45, 7) is 4.41. The molecular formula is C22H19FN4O3S. The second-order valence-electron chi connectivity index (χ2n) is 6.60. The maximum absolute atomic E-state index is 13.3. The molecule has 0 atom stereocenters. The summed E-state index contributed by atoms with van der Waals surface area (Å²) in [6, 6.07) is 9.46. The van der Waals surface area contributed by atoms with E-state index in [4.69, 9.17) is 9.47 Å². The molecule has 31 heavy (non-hydrogen) atoms. The van der Waals surface area contributed by atoms with E-state index < -0.39 is 0 Å². The smallest absolute Gasteiger partial charge is 0.348 e. The van der Waals surface area contributed by atoms with Crippen molar-refractivity contribution in [2.24, 2.45) is 0 Å². The first kappa shape index (κ1) is 20.7. The second kappa shape index (κ2) is 9.05. The van der Waals surface area contributed by atoms with Gasteiger partial charge in [0.15, 0.2) is 0 Å². The van der Waals surface area contributed by atoms with E-state index in [0.29, 0.717) is 35.5 Å². The van der Waals surface area contributed by atoms with E-state index in [9.17, 15) is 9.18 Å². The number of thiophene rings is 1. The van der Waals surface area contributed by atoms with Crippen LogP contribution in [0, 0.1) is 12.7 Å². The number of esters is 1. The quantitative estimate of drug-likeness (QED) is 0.401. The van der Waals surface area contributed by atoms with Crippen molar-refractivity contribution in [3.05, 3.63) is 70.7 Å². The number of nitrogens with zero attached hydrogens (tertiary/aromatic N) is 3. The number of pyridine rings is 1. The minimum atomic E-state index is -0.371. The lowest BCUT2D eigenvalue weighted by Gasteiger charge is -2.09. The molecule has 0 aliphatic heterocycles. The summed E-state index contributed by atoms with van der Waals surface area (Å²) in [7, 11) is 0. The van der Waals surface area contributed by atoms with Crippen LogP contribution in [0.5, 0.6) is 11.6 Å². The van der Waals surface area contributed by atoms with Gasteiger partial charge in [-0.1, -0.05) is 12.1 Å². The van der Waals surface area contributed by atoms with Crippen molar-refractivity contribution in [2.75, 3.05) is 11.9 Å². The lowest BCUT2D eigenvalue weighted by molar-refractivity contribution is 0.0531. The zero-order valence-electron chi connectivity index (χ0n) is 16.9. The maximum atomic E-state index is 13.3. The van der Waals surface area contributed by atoms with Gasteiger partial charge < -0.3 is 14.8 Å². The highest BCUT2D eigenvalue weighted by molar-refractivity contribution is 7.20. The van der Waals surface area contributed by atoms with Crippen LogP contribution in [0.2, 0.25) is 0 Å². The number of ether oxygens (including phenoxy) is 2. The van der Waals surface area contributed by atoms with Gasteiger partial charge in [0.25, 0.3) is 0 Å². The third-order valence-electron chi connectivity index (χ3n) is 4.46. The SMILES string of the molecule is CCOC(=O)c1sc2ncnc(NCc3ccc(Oc4cccc(F)c4)nc3)c2c1C. The summed E-state index contributed by atoms with van der Waals surface area (Å²) in [6.07, 6.45) is 3.13. The largest absolute Gasteiger partial charge is 0.462 e. The maximum Gasteiger partial charge on any atom is 0.348 e. The van der Waals surface area contributed by atoms with Crippen molar-refractivity contribution < 1.29 is 18.7 Å². The summed E-state index contributed by atoms with van der Waals surface area (Å²) < 4.78 is 24.0. The Labute approximate surface area is 181 Å². The summed E-state index contributed by atoms with van der Waals surface area (Å²) in [5, 5.41) is 4.08. The summed E-state index contributed by atoms with van der Waals surface area (Å²) in [4.78, 5) is 26.3. The van der Waals surface area contributed by atoms with Crippen LogP contribution in [0.3, 0.4) is 0 Å². The molecule has 0 amide bonds. The predicted molar refractivity (Wildman–Crippen MR) is 116 cm³/mol. The number of hydrogen-bond donors (Lipinski definition) is 1. The number of nitrogens with one attached hydrogen (secondary N) is 1. The summed E-state index contributed by atoms with van der Waals surface area (Å²) in [5.74, 6) is 0.657. The Morgan fingerprint density at radius 3 is 2.81 bits per heavy atom. The Bertz CT molecular complexity index is 1230. The van der Waals surface area contributed by atoms with Crippen LogP contribution in [0.15, 0.2) is 48.9 Å². The molecule has 0 aliphatic carbocycles. The van der Waals surface area contributed by atoms with Crippen LogP contribution >= 0.6 is 11.3 Å². The average molecular weight is 438 g/mol. The molecule has 0 spiro atoms. The number of aromatic nitrogens is 3. The van der Waals surface area contributed by atoms with Crippen molar-refractivity contribution in [1.29, 1.82) is 0 Å². The number of carbonyl (C=O) groups is 1. The van der Waals surface area contributed by atoms with Crippen LogP contribution < -0.4 is 10.1 Å². The first-order chi connectivity index (χ1) is 15.0. The number of halogens is 1. The highest BCUT2D eigenvalue weighted by Crippen LogP contribution is 2.33. The number of carbonyl (C=O) groups excluding carboxylic acids is 1. The Morgan fingerprint density at radius 1 is 1.19 bits per heavy atom. The van der Waals surface area contributed by atoms with Crippen LogP contribution in [-0.2, 0) is 11.3 Å². The number of anilines is 1. The highest BCUT2D eigenvalue weighted by atomic mass is 32.1. The van der Waals surface area contributed by atoms with Crippen molar-refractivity contribution in [2.45, 2.75) is 20.4 Å². The van der Waals surface area contributed by atoms with Crippen LogP contribution in [0.1, 0.15) is 27.7 Å². The highest BCUT2D eigenvalue weighted by Gasteiger charge is 2.20. The van der Waals surface area contributed by atoms with Crippen LogP contribution in [0.4, 0.5) is 10.2 Å². The van der Waals surface area contributed by atoms with Gasteiger partial charge in [0.05, 0.1) is 12.0 Å². The zero-order chi connectivity index (χ0) is 21.8. The minimum absolute atomic E-state index is 0.315. The molecule has 0 fully saturated rings. The number of aryl methyl sites for hydroxylation is 1. The van der Waals surface area contributed by atoms with Gasteiger partial charge in [-0.05, 0) is 37.1 Å². The average Bonchev–Trinajstić information content (AvgIpc) is 3.11. The lowest BCUT2D eigenvalue weighted by Crippen LogP contribution is -2.05. The molecule has 0 unspecified atom stereocenters. The van der Waals surface area contributed by atoms with E-state index in [1.807, 2.05) is 13.0 Å². The summed E-state index contributed by atoms with van der Waals surface area (Å²) in [5.41, 5.74) is 1.69. The minimum Gasteiger partial charge on any atom is -0.462 e. The van der Waals surface area contributed by atoms with E-state index in [2.05, 4.69) is 20.3 Å². The van der Waals surface area contributed by atoms with Gasteiger partial charge in [-0.15, -0.1) is 11.3 Å². The molecular weight excluding hydrogens is 419 g/mol. The Hall–Kier alpha value is -3.59. The molecule has 0 aliphatic rings. The Balaban J connectivity index is 1.48. The molecule has 1 aromatic carbocycles. The molecule has 0 saturated carbocycles. The molecule has 3 heterocycles. The third kappa shape index (κ3) is 4.61. The lowest BCUT2D eigenvalue weighted by atomic mass is 10.2. The van der Waals surface area contributed by atoms with Crippen molar-refractivity contribution in [3.8, 4) is 11.6 Å². The van der Waals surface area contributed by atoms with Gasteiger partial charge in [-0.3, -0.25) is 0 Å². The van der Waals surface area contributed by atoms with E-state index in [1.54, 1.807) is 31.3 Å². The van der Waals surface area contributed by atoms with Crippen LogP contribution in [0.25, 0.3) is 10.2 Å². The van der Waals surface area contributed by atoms with Crippen molar-refractivity contribution in [1.82, 2.24) is 15.0 Å². The Morgan fingerprint density at radius 2 is 2.06 bits per heavy atom. The standard InChI is InChI=1S/C22H19FN4O3S/c1-3-29-22(28)19-13(2)18-20(26-12-27-21(18)31-19)25-11-14-7-8-17(24-10-14)30-16-6-4-5-15(23)9-16/h4-10,12H,3,11H2,1-2H3,(H,25,26,27). The van der Waals surface area contributed by atoms with E-state index in [-0.39, 0.29) is 11.8 Å². The predicted octanol–water partition coefficient (Wildman–Crippen LogP) is 5.11. The van der Waals surface area contributed by atoms with Gasteiger partial charge in [0, 0.05) is 24.9 Å². The molecule has 0 saturated heterocycles. The molecule has 3 aromatic heterocycles. The second-order valence-corrected chi connectivity index (χ2v) is 7.60. The molecule has 4 aromatic rings. The number of rotatable bonds is 7. The fraction of sp³-hybridized carbons (Fsp3) is 0.182. The number of fused-ring (bicyclic) bond motifs is 1. The number of benzene rings is 1. The Kier molecular flexibility index (Phi) is 6.03. The molecule has 7 nitrogen and oxygen atoms in total.